The molecule has 0 bridgehead atoms. The molecular formula is C15H26O2. The number of carbonyl (C=O) groups is 1. The summed E-state index contributed by atoms with van der Waals surface area (Å²) in [7, 11) is 0. The van der Waals surface area contributed by atoms with Crippen LogP contribution in [0.25, 0.3) is 0 Å². The predicted molar refractivity (Wildman–Crippen MR) is 70.7 cm³/mol. The third-order valence-corrected chi connectivity index (χ3v) is 3.72. The van der Waals surface area contributed by atoms with Crippen molar-refractivity contribution in [2.24, 2.45) is 17.8 Å². The molecule has 1 saturated carbocycles. The van der Waals surface area contributed by atoms with Gasteiger partial charge in [0, 0.05) is 6.08 Å². The van der Waals surface area contributed by atoms with E-state index in [1.807, 2.05) is 13.0 Å². The second kappa shape index (κ2) is 6.83. The zero-order valence-corrected chi connectivity index (χ0v) is 11.6. The summed E-state index contributed by atoms with van der Waals surface area (Å²) in [6.45, 7) is 8.72. The molecule has 1 aliphatic carbocycles. The molecule has 0 N–H and O–H groups in total. The summed E-state index contributed by atoms with van der Waals surface area (Å²) >= 11 is 0. The molecule has 0 radical (unpaired) electrons. The summed E-state index contributed by atoms with van der Waals surface area (Å²) in [6, 6.07) is 0. The Morgan fingerprint density at radius 3 is 2.71 bits per heavy atom. The molecule has 0 saturated heterocycles. The van der Waals surface area contributed by atoms with Crippen LogP contribution in [0.3, 0.4) is 0 Å². The van der Waals surface area contributed by atoms with Crippen LogP contribution in [0.4, 0.5) is 0 Å². The second-order valence-electron chi connectivity index (χ2n) is 5.61. The molecule has 2 nitrogen and oxygen atoms in total. The van der Waals surface area contributed by atoms with Gasteiger partial charge in [0.2, 0.25) is 0 Å². The molecule has 1 fully saturated rings. The maximum Gasteiger partial charge on any atom is 0.330 e. The molecule has 3 unspecified atom stereocenters. The first kappa shape index (κ1) is 14.3. The number of hydrogen-bond acceptors (Lipinski definition) is 2. The minimum Gasteiger partial charge on any atom is -0.459 e. The van der Waals surface area contributed by atoms with Gasteiger partial charge in [-0.05, 0) is 37.0 Å². The Bertz CT molecular complexity index is 268. The van der Waals surface area contributed by atoms with Gasteiger partial charge in [-0.25, -0.2) is 4.79 Å². The lowest BCUT2D eigenvalue weighted by Crippen LogP contribution is -2.35. The number of rotatable bonds is 4. The van der Waals surface area contributed by atoms with Gasteiger partial charge in [0.1, 0.15) is 6.10 Å². The smallest absolute Gasteiger partial charge is 0.330 e. The van der Waals surface area contributed by atoms with E-state index in [9.17, 15) is 4.79 Å². The van der Waals surface area contributed by atoms with Crippen LogP contribution >= 0.6 is 0 Å². The van der Waals surface area contributed by atoms with Crippen LogP contribution in [0.2, 0.25) is 0 Å². The van der Waals surface area contributed by atoms with E-state index in [2.05, 4.69) is 20.8 Å². The topological polar surface area (TPSA) is 26.3 Å². The summed E-state index contributed by atoms with van der Waals surface area (Å²) in [5, 5.41) is 0. The average Bonchev–Trinajstić information content (AvgIpc) is 2.26. The van der Waals surface area contributed by atoms with Crippen molar-refractivity contribution in [3.63, 3.8) is 0 Å². The van der Waals surface area contributed by atoms with Crippen molar-refractivity contribution in [3.8, 4) is 0 Å². The van der Waals surface area contributed by atoms with Gasteiger partial charge in [-0.1, -0.05) is 40.2 Å². The van der Waals surface area contributed by atoms with Gasteiger partial charge >= 0.3 is 5.97 Å². The van der Waals surface area contributed by atoms with Gasteiger partial charge in [0.15, 0.2) is 0 Å². The molecule has 98 valence electrons. The minimum absolute atomic E-state index is 0.118. The zero-order valence-electron chi connectivity index (χ0n) is 11.6. The fourth-order valence-corrected chi connectivity index (χ4v) is 2.65. The molecule has 0 aromatic rings. The summed E-state index contributed by atoms with van der Waals surface area (Å²) in [5.74, 6) is 1.63. The summed E-state index contributed by atoms with van der Waals surface area (Å²) in [6.07, 6.45) is 7.90. The van der Waals surface area contributed by atoms with Gasteiger partial charge < -0.3 is 4.74 Å². The van der Waals surface area contributed by atoms with Gasteiger partial charge in [-0.3, -0.25) is 0 Å². The van der Waals surface area contributed by atoms with E-state index in [1.54, 1.807) is 6.08 Å². The first-order chi connectivity index (χ1) is 8.04. The molecule has 0 amide bonds. The molecule has 1 rings (SSSR count). The third kappa shape index (κ3) is 4.53. The molecule has 0 heterocycles. The van der Waals surface area contributed by atoms with Crippen LogP contribution < -0.4 is 0 Å². The largest absolute Gasteiger partial charge is 0.459 e. The van der Waals surface area contributed by atoms with E-state index in [0.29, 0.717) is 17.8 Å². The van der Waals surface area contributed by atoms with Gasteiger partial charge in [0.05, 0.1) is 0 Å². The van der Waals surface area contributed by atoms with Crippen molar-refractivity contribution >= 4 is 5.97 Å². The predicted octanol–water partition coefficient (Wildman–Crippen LogP) is 3.96. The molecule has 1 aliphatic rings. The van der Waals surface area contributed by atoms with Crippen LogP contribution in [0.15, 0.2) is 12.2 Å². The first-order valence-corrected chi connectivity index (χ1v) is 6.91. The maximum atomic E-state index is 11.6. The highest BCUT2D eigenvalue weighted by Gasteiger charge is 2.32. The Kier molecular flexibility index (Phi) is 5.73. The molecule has 0 aromatic heterocycles. The monoisotopic (exact) mass is 238 g/mol. The molecule has 0 spiro atoms. The van der Waals surface area contributed by atoms with Gasteiger partial charge in [-0.2, -0.15) is 0 Å². The van der Waals surface area contributed by atoms with Crippen molar-refractivity contribution in [2.75, 3.05) is 0 Å². The van der Waals surface area contributed by atoms with E-state index in [0.717, 1.165) is 12.8 Å². The lowest BCUT2D eigenvalue weighted by Gasteiger charge is -2.36. The van der Waals surface area contributed by atoms with E-state index >= 15 is 0 Å². The Labute approximate surface area is 105 Å². The van der Waals surface area contributed by atoms with Crippen molar-refractivity contribution in [1.82, 2.24) is 0 Å². The molecule has 0 aromatic carbocycles. The first-order valence-electron chi connectivity index (χ1n) is 6.91. The molecule has 0 aliphatic heterocycles. The second-order valence-corrected chi connectivity index (χ2v) is 5.61. The normalized spacial score (nSPS) is 29.8. The van der Waals surface area contributed by atoms with Crippen molar-refractivity contribution in [3.05, 3.63) is 12.2 Å². The van der Waals surface area contributed by atoms with Crippen LogP contribution in [0.1, 0.15) is 53.4 Å². The van der Waals surface area contributed by atoms with Crippen LogP contribution in [-0.4, -0.2) is 12.1 Å². The standard InChI is InChI=1S/C15H26O2/c1-5-6-7-15(16)17-14-10-12(4)8-9-13(14)11(2)3/h6-7,11-14H,5,8-10H2,1-4H3/b7-6+. The number of esters is 1. The molecule has 2 heteroatoms. The van der Waals surface area contributed by atoms with Gasteiger partial charge in [-0.15, -0.1) is 0 Å². The SMILES string of the molecule is CC/C=C/C(=O)OC1CC(C)CCC1C(C)C. The fraction of sp³-hybridized carbons (Fsp3) is 0.800. The zero-order chi connectivity index (χ0) is 12.8. The number of ether oxygens (including phenoxy) is 1. The highest BCUT2D eigenvalue weighted by Crippen LogP contribution is 2.35. The van der Waals surface area contributed by atoms with E-state index in [1.165, 1.54) is 12.8 Å². The molecule has 3 atom stereocenters. The number of allylic oxidation sites excluding steroid dienone is 1. The number of hydrogen-bond donors (Lipinski definition) is 0. The summed E-state index contributed by atoms with van der Waals surface area (Å²) in [4.78, 5) is 11.6. The van der Waals surface area contributed by atoms with Crippen molar-refractivity contribution < 1.29 is 9.53 Å². The third-order valence-electron chi connectivity index (χ3n) is 3.72. The van der Waals surface area contributed by atoms with Crippen LogP contribution in [0.5, 0.6) is 0 Å². The molecular weight excluding hydrogens is 212 g/mol. The summed E-state index contributed by atoms with van der Waals surface area (Å²) < 4.78 is 5.61. The lowest BCUT2D eigenvalue weighted by atomic mass is 9.75. The minimum atomic E-state index is -0.170. The lowest BCUT2D eigenvalue weighted by molar-refractivity contribution is -0.149. The Balaban J connectivity index is 2.57. The van der Waals surface area contributed by atoms with E-state index < -0.39 is 0 Å². The van der Waals surface area contributed by atoms with Gasteiger partial charge in [0.25, 0.3) is 0 Å². The van der Waals surface area contributed by atoms with Crippen LogP contribution in [0, 0.1) is 17.8 Å². The van der Waals surface area contributed by atoms with Crippen LogP contribution in [-0.2, 0) is 9.53 Å². The highest BCUT2D eigenvalue weighted by molar-refractivity contribution is 5.82. The van der Waals surface area contributed by atoms with E-state index in [4.69, 9.17) is 4.74 Å². The average molecular weight is 238 g/mol. The van der Waals surface area contributed by atoms with E-state index in [-0.39, 0.29) is 12.1 Å². The van der Waals surface area contributed by atoms with Crippen molar-refractivity contribution in [2.45, 2.75) is 59.5 Å². The Hall–Kier alpha value is -0.790. The molecule has 17 heavy (non-hydrogen) atoms. The highest BCUT2D eigenvalue weighted by atomic mass is 16.5. The quantitative estimate of drug-likeness (QED) is 0.547. The fourth-order valence-electron chi connectivity index (χ4n) is 2.65. The number of carbonyl (C=O) groups excluding carboxylic acids is 1. The maximum absolute atomic E-state index is 11.6. The Morgan fingerprint density at radius 2 is 2.12 bits per heavy atom. The van der Waals surface area contributed by atoms with Crippen molar-refractivity contribution in [1.29, 1.82) is 0 Å². The summed E-state index contributed by atoms with van der Waals surface area (Å²) in [5.41, 5.74) is 0. The Morgan fingerprint density at radius 1 is 1.41 bits per heavy atom.